The van der Waals surface area contributed by atoms with Crippen LogP contribution >= 0.6 is 0 Å². The second-order valence-electron chi connectivity index (χ2n) is 4.35. The van der Waals surface area contributed by atoms with Gasteiger partial charge in [0.25, 0.3) is 0 Å². The van der Waals surface area contributed by atoms with Gasteiger partial charge in [-0.2, -0.15) is 5.10 Å². The third kappa shape index (κ3) is 2.36. The van der Waals surface area contributed by atoms with Crippen molar-refractivity contribution in [3.63, 3.8) is 0 Å². The molecule has 0 aromatic carbocycles. The smallest absolute Gasteiger partial charge is 0.240 e. The molecule has 1 saturated heterocycles. The second-order valence-corrected chi connectivity index (χ2v) is 4.35. The van der Waals surface area contributed by atoms with Crippen LogP contribution in [0.2, 0.25) is 0 Å². The van der Waals surface area contributed by atoms with Crippen molar-refractivity contribution in [3.8, 4) is 11.6 Å². The lowest BCUT2D eigenvalue weighted by atomic mass is 10.1. The van der Waals surface area contributed by atoms with Gasteiger partial charge in [0, 0.05) is 18.6 Å². The third-order valence-electron chi connectivity index (χ3n) is 3.07. The Kier molecular flexibility index (Phi) is 3.23. The molecule has 0 unspecified atom stereocenters. The second kappa shape index (κ2) is 5.18. The van der Waals surface area contributed by atoms with Gasteiger partial charge in [0.05, 0.1) is 0 Å². The van der Waals surface area contributed by atoms with Gasteiger partial charge in [0.2, 0.25) is 5.88 Å². The summed E-state index contributed by atoms with van der Waals surface area (Å²) in [6.07, 6.45) is 7.69. The van der Waals surface area contributed by atoms with E-state index in [4.69, 9.17) is 4.74 Å². The van der Waals surface area contributed by atoms with Crippen molar-refractivity contribution in [2.24, 2.45) is 0 Å². The van der Waals surface area contributed by atoms with Crippen LogP contribution in [-0.4, -0.2) is 34.0 Å². The Labute approximate surface area is 106 Å². The number of rotatable bonds is 3. The molecule has 1 fully saturated rings. The fourth-order valence-electron chi connectivity index (χ4n) is 2.13. The summed E-state index contributed by atoms with van der Waals surface area (Å²) in [7, 11) is 0. The van der Waals surface area contributed by atoms with Gasteiger partial charge >= 0.3 is 0 Å². The molecule has 94 valence electrons. The molecule has 0 saturated carbocycles. The summed E-state index contributed by atoms with van der Waals surface area (Å²) in [5.74, 6) is 0.660. The highest BCUT2D eigenvalue weighted by Crippen LogP contribution is 2.21. The Morgan fingerprint density at radius 2 is 2.11 bits per heavy atom. The first kappa shape index (κ1) is 11.2. The maximum atomic E-state index is 6.00. The molecule has 1 aliphatic heterocycles. The number of hydrogen-bond acceptors (Lipinski definition) is 4. The maximum absolute atomic E-state index is 6.00. The molecule has 0 atom stereocenters. The normalized spacial score (nSPS) is 16.7. The molecule has 5 heteroatoms. The molecule has 0 radical (unpaired) electrons. The van der Waals surface area contributed by atoms with Gasteiger partial charge in [-0.05, 0) is 44.1 Å². The number of piperidine rings is 1. The lowest BCUT2D eigenvalue weighted by Crippen LogP contribution is -2.34. The molecule has 0 aliphatic carbocycles. The Balaban J connectivity index is 1.83. The van der Waals surface area contributed by atoms with Crippen LogP contribution in [0, 0.1) is 0 Å². The zero-order chi connectivity index (χ0) is 12.2. The first-order valence-electron chi connectivity index (χ1n) is 6.26. The van der Waals surface area contributed by atoms with Crippen LogP contribution in [0.25, 0.3) is 5.69 Å². The predicted octanol–water partition coefficient (Wildman–Crippen LogP) is 1.40. The minimum Gasteiger partial charge on any atom is -0.473 e. The molecular formula is C13H16N4O. The molecule has 2 aromatic heterocycles. The van der Waals surface area contributed by atoms with Gasteiger partial charge in [-0.25, -0.2) is 9.67 Å². The van der Waals surface area contributed by atoms with E-state index in [1.165, 1.54) is 0 Å². The van der Waals surface area contributed by atoms with Crippen molar-refractivity contribution >= 4 is 0 Å². The van der Waals surface area contributed by atoms with E-state index in [0.29, 0.717) is 5.88 Å². The van der Waals surface area contributed by atoms with E-state index in [2.05, 4.69) is 15.4 Å². The fourth-order valence-corrected chi connectivity index (χ4v) is 2.13. The highest BCUT2D eigenvalue weighted by molar-refractivity contribution is 5.40. The highest BCUT2D eigenvalue weighted by atomic mass is 16.5. The van der Waals surface area contributed by atoms with Gasteiger partial charge in [-0.15, -0.1) is 0 Å². The van der Waals surface area contributed by atoms with Gasteiger partial charge in [0.1, 0.15) is 11.8 Å². The van der Waals surface area contributed by atoms with E-state index in [0.717, 1.165) is 31.6 Å². The average molecular weight is 244 g/mol. The van der Waals surface area contributed by atoms with E-state index >= 15 is 0 Å². The highest BCUT2D eigenvalue weighted by Gasteiger charge is 2.17. The lowest BCUT2D eigenvalue weighted by molar-refractivity contribution is 0.155. The molecular weight excluding hydrogens is 228 g/mol. The summed E-state index contributed by atoms with van der Waals surface area (Å²) in [5.41, 5.74) is 0.890. The number of aromatic nitrogens is 3. The molecule has 1 aliphatic rings. The monoisotopic (exact) mass is 244 g/mol. The predicted molar refractivity (Wildman–Crippen MR) is 67.9 cm³/mol. The van der Waals surface area contributed by atoms with Gasteiger partial charge in [0.15, 0.2) is 0 Å². The molecule has 0 bridgehead atoms. The SMILES string of the molecule is c1cnc(OC2CCNCC2)c(-n2cccn2)c1. The summed E-state index contributed by atoms with van der Waals surface area (Å²) in [6, 6.07) is 5.75. The van der Waals surface area contributed by atoms with Crippen LogP contribution in [0.3, 0.4) is 0 Å². The third-order valence-corrected chi connectivity index (χ3v) is 3.07. The van der Waals surface area contributed by atoms with Crippen LogP contribution in [-0.2, 0) is 0 Å². The van der Waals surface area contributed by atoms with Crippen LogP contribution < -0.4 is 10.1 Å². The van der Waals surface area contributed by atoms with E-state index in [9.17, 15) is 0 Å². The molecule has 3 heterocycles. The van der Waals surface area contributed by atoms with Crippen molar-refractivity contribution < 1.29 is 4.74 Å². The van der Waals surface area contributed by atoms with E-state index in [1.54, 1.807) is 17.1 Å². The minimum absolute atomic E-state index is 0.246. The summed E-state index contributed by atoms with van der Waals surface area (Å²) in [6.45, 7) is 2.02. The van der Waals surface area contributed by atoms with Gasteiger partial charge < -0.3 is 10.1 Å². The Bertz CT molecular complexity index is 491. The van der Waals surface area contributed by atoms with E-state index in [-0.39, 0.29) is 6.10 Å². The van der Waals surface area contributed by atoms with Crippen LogP contribution in [0.4, 0.5) is 0 Å². The Morgan fingerprint density at radius 1 is 1.22 bits per heavy atom. The van der Waals surface area contributed by atoms with Crippen LogP contribution in [0.5, 0.6) is 5.88 Å². The minimum atomic E-state index is 0.246. The quantitative estimate of drug-likeness (QED) is 0.886. The Morgan fingerprint density at radius 3 is 2.89 bits per heavy atom. The van der Waals surface area contributed by atoms with Crippen LogP contribution in [0.15, 0.2) is 36.8 Å². The van der Waals surface area contributed by atoms with E-state index < -0.39 is 0 Å². The summed E-state index contributed by atoms with van der Waals surface area (Å²) < 4.78 is 7.78. The molecule has 0 spiro atoms. The van der Waals surface area contributed by atoms with Crippen LogP contribution in [0.1, 0.15) is 12.8 Å². The van der Waals surface area contributed by atoms with Crippen molar-refractivity contribution in [1.29, 1.82) is 0 Å². The Hall–Kier alpha value is -1.88. The average Bonchev–Trinajstić information content (AvgIpc) is 2.94. The fraction of sp³-hybridized carbons (Fsp3) is 0.385. The van der Waals surface area contributed by atoms with Crippen molar-refractivity contribution in [3.05, 3.63) is 36.8 Å². The number of hydrogen-bond donors (Lipinski definition) is 1. The largest absolute Gasteiger partial charge is 0.473 e. The standard InChI is InChI=1S/C13H16N4O/c1-3-12(17-10-2-7-16-17)13(15-6-1)18-11-4-8-14-9-5-11/h1-3,6-7,10-11,14H,4-5,8-9H2. The van der Waals surface area contributed by atoms with Crippen molar-refractivity contribution in [2.75, 3.05) is 13.1 Å². The number of nitrogens with one attached hydrogen (secondary N) is 1. The number of pyridine rings is 1. The first-order chi connectivity index (χ1) is 8.93. The van der Waals surface area contributed by atoms with Crippen molar-refractivity contribution in [2.45, 2.75) is 18.9 Å². The molecule has 5 nitrogen and oxygen atoms in total. The number of ether oxygens (including phenoxy) is 1. The summed E-state index contributed by atoms with van der Waals surface area (Å²) in [5, 5.41) is 7.55. The topological polar surface area (TPSA) is 52.0 Å². The first-order valence-corrected chi connectivity index (χ1v) is 6.26. The lowest BCUT2D eigenvalue weighted by Gasteiger charge is -2.24. The zero-order valence-electron chi connectivity index (χ0n) is 10.1. The molecule has 0 amide bonds. The summed E-state index contributed by atoms with van der Waals surface area (Å²) >= 11 is 0. The molecule has 1 N–H and O–H groups in total. The van der Waals surface area contributed by atoms with Crippen molar-refractivity contribution in [1.82, 2.24) is 20.1 Å². The van der Waals surface area contributed by atoms with Gasteiger partial charge in [-0.3, -0.25) is 0 Å². The molecule has 18 heavy (non-hydrogen) atoms. The molecule has 3 rings (SSSR count). The van der Waals surface area contributed by atoms with Gasteiger partial charge in [-0.1, -0.05) is 0 Å². The maximum Gasteiger partial charge on any atom is 0.240 e. The number of nitrogens with zero attached hydrogens (tertiary/aromatic N) is 3. The summed E-state index contributed by atoms with van der Waals surface area (Å²) in [4.78, 5) is 4.33. The zero-order valence-corrected chi connectivity index (χ0v) is 10.1. The molecule has 2 aromatic rings. The van der Waals surface area contributed by atoms with E-state index in [1.807, 2.05) is 24.4 Å².